The monoisotopic (exact) mass is 548 g/mol. The van der Waals surface area contributed by atoms with Crippen LogP contribution in [0.5, 0.6) is 11.5 Å². The lowest BCUT2D eigenvalue weighted by atomic mass is 10.0. The van der Waals surface area contributed by atoms with Crippen LogP contribution >= 0.6 is 11.6 Å². The summed E-state index contributed by atoms with van der Waals surface area (Å²) >= 11 is 6.17. The number of nitrogens with zero attached hydrogens (tertiary/aromatic N) is 3. The van der Waals surface area contributed by atoms with Crippen LogP contribution in [0.2, 0.25) is 5.02 Å². The summed E-state index contributed by atoms with van der Waals surface area (Å²) in [5.41, 5.74) is 2.39. The van der Waals surface area contributed by atoms with E-state index in [9.17, 15) is 13.2 Å². The average Bonchev–Trinajstić information content (AvgIpc) is 2.93. The van der Waals surface area contributed by atoms with E-state index in [4.69, 9.17) is 21.1 Å². The van der Waals surface area contributed by atoms with Gasteiger partial charge in [-0.2, -0.15) is 5.10 Å². The van der Waals surface area contributed by atoms with Gasteiger partial charge >= 0.3 is 0 Å². The van der Waals surface area contributed by atoms with Crippen molar-refractivity contribution in [3.05, 3.63) is 100 Å². The van der Waals surface area contributed by atoms with Gasteiger partial charge in [0.25, 0.3) is 15.6 Å². The number of hydrogen-bond acceptors (Lipinski definition) is 7. The van der Waals surface area contributed by atoms with Crippen molar-refractivity contribution in [1.29, 1.82) is 0 Å². The van der Waals surface area contributed by atoms with Crippen LogP contribution in [-0.4, -0.2) is 37.4 Å². The van der Waals surface area contributed by atoms with Gasteiger partial charge in [0.15, 0.2) is 5.82 Å². The van der Waals surface area contributed by atoms with Crippen molar-refractivity contribution >= 4 is 38.3 Å². The number of halogens is 1. The van der Waals surface area contributed by atoms with Gasteiger partial charge in [0.05, 0.1) is 35.3 Å². The summed E-state index contributed by atoms with van der Waals surface area (Å²) in [6, 6.07) is 21.4. The summed E-state index contributed by atoms with van der Waals surface area (Å²) in [6.07, 6.45) is 1.44. The smallest absolute Gasteiger partial charge is 0.263 e. The summed E-state index contributed by atoms with van der Waals surface area (Å²) < 4.78 is 40.7. The summed E-state index contributed by atoms with van der Waals surface area (Å²) in [5.74, 6) is 1.09. The maximum absolute atomic E-state index is 13.0. The second kappa shape index (κ2) is 10.2. The Kier molecular flexibility index (Phi) is 6.75. The molecule has 5 aromatic rings. The van der Waals surface area contributed by atoms with Gasteiger partial charge in [-0.05, 0) is 71.8 Å². The van der Waals surface area contributed by atoms with Crippen molar-refractivity contribution in [1.82, 2.24) is 14.8 Å². The third-order valence-corrected chi connectivity index (χ3v) is 7.56. The van der Waals surface area contributed by atoms with E-state index in [1.165, 1.54) is 42.1 Å². The van der Waals surface area contributed by atoms with Gasteiger partial charge in [-0.1, -0.05) is 23.7 Å². The molecule has 0 bridgehead atoms. The molecule has 38 heavy (non-hydrogen) atoms. The van der Waals surface area contributed by atoms with Crippen LogP contribution in [-0.2, 0) is 10.0 Å². The van der Waals surface area contributed by atoms with E-state index in [-0.39, 0.29) is 16.3 Å². The molecule has 0 radical (unpaired) electrons. The van der Waals surface area contributed by atoms with Crippen molar-refractivity contribution in [3.63, 3.8) is 0 Å². The fraction of sp³-hybridized carbons (Fsp3) is 0.0741. The largest absolute Gasteiger partial charge is 0.495 e. The van der Waals surface area contributed by atoms with Crippen LogP contribution in [0.25, 0.3) is 27.7 Å². The summed E-state index contributed by atoms with van der Waals surface area (Å²) in [5, 5.41) is 8.49. The topological polar surface area (TPSA) is 112 Å². The Morgan fingerprint density at radius 1 is 0.868 bits per heavy atom. The van der Waals surface area contributed by atoms with Crippen molar-refractivity contribution < 1.29 is 17.9 Å². The lowest BCUT2D eigenvalue weighted by Crippen LogP contribution is -2.19. The Morgan fingerprint density at radius 2 is 1.61 bits per heavy atom. The highest BCUT2D eigenvalue weighted by Gasteiger charge is 2.18. The van der Waals surface area contributed by atoms with Crippen LogP contribution < -0.4 is 19.8 Å². The molecule has 5 rings (SSSR count). The zero-order valence-electron chi connectivity index (χ0n) is 20.3. The normalized spacial score (nSPS) is 11.3. The molecule has 3 aromatic carbocycles. The van der Waals surface area contributed by atoms with Crippen LogP contribution in [0.15, 0.2) is 94.7 Å². The number of fused-ring (bicyclic) bond motifs is 1. The van der Waals surface area contributed by atoms with Gasteiger partial charge in [0, 0.05) is 17.6 Å². The number of rotatable bonds is 7. The first-order valence-electron chi connectivity index (χ1n) is 11.3. The predicted octanol–water partition coefficient (Wildman–Crippen LogP) is 4.92. The Morgan fingerprint density at radius 3 is 2.32 bits per heavy atom. The van der Waals surface area contributed by atoms with Gasteiger partial charge in [-0.25, -0.2) is 8.42 Å². The van der Waals surface area contributed by atoms with E-state index in [2.05, 4.69) is 14.9 Å². The molecule has 0 saturated carbocycles. The summed E-state index contributed by atoms with van der Waals surface area (Å²) in [6.45, 7) is 0. The molecule has 0 unspecified atom stereocenters. The first-order chi connectivity index (χ1) is 18.3. The number of anilines is 1. The maximum atomic E-state index is 13.0. The van der Waals surface area contributed by atoms with Gasteiger partial charge in [0.1, 0.15) is 11.5 Å². The third kappa shape index (κ3) is 4.79. The standard InChI is InChI=1S/C27H21ClN4O5S/c1-36-24-15-17(5-9-21(24)28)18-6-10-23(25(16-18)37-2)32-22-11-8-20(14-19(22)7-12-27(32)33)38(34,35)31-26-4-3-13-29-30-26/h3-16H,1-2H3,(H,30,31). The van der Waals surface area contributed by atoms with E-state index in [1.54, 1.807) is 37.4 Å². The number of hydrogen-bond donors (Lipinski definition) is 1. The van der Waals surface area contributed by atoms with E-state index < -0.39 is 10.0 Å². The molecule has 0 aliphatic rings. The SMILES string of the molecule is COc1cc(-c2ccc(-n3c(=O)ccc4cc(S(=O)(=O)Nc5cccnn5)ccc43)c(OC)c2)ccc1Cl. The molecule has 1 N–H and O–H groups in total. The third-order valence-electron chi connectivity index (χ3n) is 5.89. The molecule has 0 spiro atoms. The Balaban J connectivity index is 1.59. The fourth-order valence-electron chi connectivity index (χ4n) is 4.07. The van der Waals surface area contributed by atoms with E-state index >= 15 is 0 Å². The van der Waals surface area contributed by atoms with Crippen molar-refractivity contribution in [2.45, 2.75) is 4.90 Å². The van der Waals surface area contributed by atoms with E-state index in [0.717, 1.165) is 11.1 Å². The number of methoxy groups -OCH3 is 2. The van der Waals surface area contributed by atoms with Crippen LogP contribution in [0.3, 0.4) is 0 Å². The molecule has 192 valence electrons. The molecule has 11 heteroatoms. The van der Waals surface area contributed by atoms with Gasteiger partial charge in [0.2, 0.25) is 0 Å². The predicted molar refractivity (Wildman–Crippen MR) is 146 cm³/mol. The highest BCUT2D eigenvalue weighted by Crippen LogP contribution is 2.34. The molecule has 9 nitrogen and oxygen atoms in total. The van der Waals surface area contributed by atoms with E-state index in [0.29, 0.717) is 33.1 Å². The molecule has 2 heterocycles. The number of aromatic nitrogens is 3. The second-order valence-electron chi connectivity index (χ2n) is 8.18. The number of pyridine rings is 1. The first-order valence-corrected chi connectivity index (χ1v) is 13.2. The van der Waals surface area contributed by atoms with Gasteiger partial charge in [-0.3, -0.25) is 14.1 Å². The fourth-order valence-corrected chi connectivity index (χ4v) is 5.30. The molecule has 0 aliphatic carbocycles. The molecule has 0 fully saturated rings. The molecule has 2 aromatic heterocycles. The Hall–Kier alpha value is -4.41. The quantitative estimate of drug-likeness (QED) is 0.307. The average molecular weight is 549 g/mol. The molecule has 0 amide bonds. The zero-order valence-corrected chi connectivity index (χ0v) is 21.8. The number of ether oxygens (including phenoxy) is 2. The lowest BCUT2D eigenvalue weighted by molar-refractivity contribution is 0.413. The Bertz CT molecular complexity index is 1830. The van der Waals surface area contributed by atoms with Gasteiger partial charge in [-0.15, -0.1) is 5.10 Å². The van der Waals surface area contributed by atoms with Crippen LogP contribution in [0.4, 0.5) is 5.82 Å². The molecule has 0 atom stereocenters. The van der Waals surface area contributed by atoms with Crippen LogP contribution in [0, 0.1) is 0 Å². The number of sulfonamides is 1. The highest BCUT2D eigenvalue weighted by atomic mass is 35.5. The van der Waals surface area contributed by atoms with E-state index in [1.807, 2.05) is 24.3 Å². The van der Waals surface area contributed by atoms with Crippen molar-refractivity contribution in [3.8, 4) is 28.3 Å². The maximum Gasteiger partial charge on any atom is 0.263 e. The molecule has 0 aliphatic heterocycles. The number of benzene rings is 3. The number of nitrogens with one attached hydrogen (secondary N) is 1. The second-order valence-corrected chi connectivity index (χ2v) is 10.3. The minimum Gasteiger partial charge on any atom is -0.495 e. The highest BCUT2D eigenvalue weighted by molar-refractivity contribution is 7.92. The van der Waals surface area contributed by atoms with Crippen molar-refractivity contribution in [2.75, 3.05) is 18.9 Å². The molecular formula is C27H21ClN4O5S. The summed E-state index contributed by atoms with van der Waals surface area (Å²) in [7, 11) is -0.871. The summed E-state index contributed by atoms with van der Waals surface area (Å²) in [4.78, 5) is 13.0. The van der Waals surface area contributed by atoms with Crippen molar-refractivity contribution in [2.24, 2.45) is 0 Å². The lowest BCUT2D eigenvalue weighted by Gasteiger charge is -2.16. The zero-order chi connectivity index (χ0) is 26.9. The molecular weight excluding hydrogens is 528 g/mol. The first kappa shape index (κ1) is 25.2. The minimum atomic E-state index is -3.93. The minimum absolute atomic E-state index is 0.0138. The molecule has 0 saturated heterocycles. The van der Waals surface area contributed by atoms with Crippen LogP contribution in [0.1, 0.15) is 0 Å². The van der Waals surface area contributed by atoms with Gasteiger partial charge < -0.3 is 9.47 Å². The Labute approximate surface area is 223 Å².